The third-order valence-corrected chi connectivity index (χ3v) is 0. The van der Waals surface area contributed by atoms with E-state index in [4.69, 9.17) is 17.5 Å². The van der Waals surface area contributed by atoms with Crippen LogP contribution < -0.4 is 0 Å². The summed E-state index contributed by atoms with van der Waals surface area (Å²) >= 11 is 0. The minimum atomic E-state index is -4.67. The van der Waals surface area contributed by atoms with Crippen molar-refractivity contribution < 1.29 is 28.5 Å². The molecule has 6 N–H and O–H groups in total. The molecule has 0 aromatic carbocycles. The summed E-state index contributed by atoms with van der Waals surface area (Å²) < 4.78 is 31.6. The molecule has 0 fully saturated rings. The number of hydrogen-bond donors (Lipinski definition) is 2. The molecule has 0 aromatic rings. The Labute approximate surface area is 103 Å². The van der Waals surface area contributed by atoms with E-state index in [1.54, 1.807) is 0 Å². The van der Waals surface area contributed by atoms with Gasteiger partial charge in [0.15, 0.2) is 17.4 Å². The standard InChI is InChI=1S/Al.Ba.H2O4S.2H2O.5H/c;;1-5(2,3)4;;;;;;;/h;;(H2,1,2,3,4);2*1H2;;;;;. The van der Waals surface area contributed by atoms with Gasteiger partial charge in [-0.2, -0.15) is 8.42 Å². The molecule has 58 valence electrons. The average Bonchev–Trinajstić information content (AvgIpc) is 0.722. The molecule has 0 heterocycles. The topological polar surface area (TPSA) is 138 Å². The zero-order chi connectivity index (χ0) is 4.50. The molecule has 0 aliphatic rings. The van der Waals surface area contributed by atoms with Crippen molar-refractivity contribution in [3.05, 3.63) is 0 Å². The summed E-state index contributed by atoms with van der Waals surface area (Å²) in [6.45, 7) is 0. The minimum absolute atomic E-state index is 0. The summed E-state index contributed by atoms with van der Waals surface area (Å²) in [6.07, 6.45) is 0. The van der Waals surface area contributed by atoms with E-state index in [1.165, 1.54) is 0 Å². The fourth-order valence-electron chi connectivity index (χ4n) is 0. The second-order valence-corrected chi connectivity index (χ2v) is 1.34. The van der Waals surface area contributed by atoms with Crippen LogP contribution in [0.15, 0.2) is 0 Å². The molecule has 0 aliphatic carbocycles. The summed E-state index contributed by atoms with van der Waals surface area (Å²) in [5.41, 5.74) is 0. The first-order valence-corrected chi connectivity index (χ1v) is 2.10. The Bertz CT molecular complexity index is 96.2. The van der Waals surface area contributed by atoms with Crippen molar-refractivity contribution in [2.75, 3.05) is 0 Å². The Morgan fingerprint density at radius 1 is 1.00 bits per heavy atom. The summed E-state index contributed by atoms with van der Waals surface area (Å²) in [6, 6.07) is 0. The van der Waals surface area contributed by atoms with Crippen LogP contribution in [0, 0.1) is 0 Å². The van der Waals surface area contributed by atoms with E-state index < -0.39 is 10.4 Å². The molecule has 0 aromatic heterocycles. The first-order valence-electron chi connectivity index (χ1n) is 0.698. The monoisotopic (exact) mass is 304 g/mol. The van der Waals surface area contributed by atoms with Crippen molar-refractivity contribution in [2.45, 2.75) is 0 Å². The summed E-state index contributed by atoms with van der Waals surface area (Å²) in [5.74, 6) is 0. The molecule has 0 unspecified atom stereocenters. The quantitative estimate of drug-likeness (QED) is 0.344. The second-order valence-electron chi connectivity index (χ2n) is 0.448. The van der Waals surface area contributed by atoms with Gasteiger partial charge in [-0.05, 0) is 0 Å². The maximum absolute atomic E-state index is 8.74. The van der Waals surface area contributed by atoms with Crippen LogP contribution in [0.1, 0.15) is 0 Å². The van der Waals surface area contributed by atoms with E-state index in [0.29, 0.717) is 0 Å². The van der Waals surface area contributed by atoms with Crippen molar-refractivity contribution in [1.82, 2.24) is 0 Å². The molecule has 0 bridgehead atoms. The average molecular weight is 303 g/mol. The fourth-order valence-corrected chi connectivity index (χ4v) is 0. The molecule has 9 heavy (non-hydrogen) atoms. The normalized spacial score (nSPS) is 6.44. The van der Waals surface area contributed by atoms with Gasteiger partial charge in [0.05, 0.1) is 0 Å². The molecule has 0 rings (SSSR count). The van der Waals surface area contributed by atoms with Crippen molar-refractivity contribution >= 4 is 76.6 Å². The molecule has 0 radical (unpaired) electrons. The van der Waals surface area contributed by atoms with Gasteiger partial charge in [-0.1, -0.05) is 0 Å². The number of hydrogen-bond acceptors (Lipinski definition) is 2. The van der Waals surface area contributed by atoms with Gasteiger partial charge in [0, 0.05) is 0 Å². The Morgan fingerprint density at radius 2 is 1.00 bits per heavy atom. The van der Waals surface area contributed by atoms with E-state index in [-0.39, 0.29) is 77.2 Å². The van der Waals surface area contributed by atoms with Crippen molar-refractivity contribution in [1.29, 1.82) is 0 Å². The molecular weight excluding hydrogens is 292 g/mol. The van der Waals surface area contributed by atoms with Crippen LogP contribution in [0.5, 0.6) is 0 Å². The van der Waals surface area contributed by atoms with Gasteiger partial charge >= 0.3 is 59.3 Å². The molecule has 6 nitrogen and oxygen atoms in total. The first kappa shape index (κ1) is 30.7. The predicted molar refractivity (Wildman–Crippen MR) is 39.9 cm³/mol. The van der Waals surface area contributed by atoms with Gasteiger partial charge in [-0.25, -0.2) is 0 Å². The summed E-state index contributed by atoms with van der Waals surface area (Å²) in [4.78, 5) is 0. The summed E-state index contributed by atoms with van der Waals surface area (Å²) in [5, 5.41) is 0. The van der Waals surface area contributed by atoms with Gasteiger partial charge < -0.3 is 11.0 Å². The third-order valence-electron chi connectivity index (χ3n) is 0. The van der Waals surface area contributed by atoms with E-state index in [2.05, 4.69) is 0 Å². The Kier molecular flexibility index (Phi) is 42.8. The second kappa shape index (κ2) is 12.6. The van der Waals surface area contributed by atoms with E-state index >= 15 is 0 Å². The van der Waals surface area contributed by atoms with E-state index in [1.807, 2.05) is 0 Å². The zero-order valence-corrected chi connectivity index (χ0v) is 3.94. The van der Waals surface area contributed by atoms with Crippen LogP contribution in [0.4, 0.5) is 0 Å². The van der Waals surface area contributed by atoms with E-state index in [0.717, 1.165) is 0 Å². The summed E-state index contributed by atoms with van der Waals surface area (Å²) in [7, 11) is -4.67. The van der Waals surface area contributed by atoms with E-state index in [9.17, 15) is 0 Å². The van der Waals surface area contributed by atoms with Gasteiger partial charge in [0.2, 0.25) is 0 Å². The SMILES string of the molecule is O.O.O=S(=O)(O)O.[AlH3].[BaH2]. The zero-order valence-electron chi connectivity index (χ0n) is 3.12. The fraction of sp³-hybridized carbons (Fsp3) is 0. The number of rotatable bonds is 0. The van der Waals surface area contributed by atoms with Crippen molar-refractivity contribution in [3.63, 3.8) is 0 Å². The Balaban J connectivity index is -0.0000000133. The van der Waals surface area contributed by atoms with Gasteiger partial charge in [0.25, 0.3) is 0 Å². The van der Waals surface area contributed by atoms with Crippen molar-refractivity contribution in [2.24, 2.45) is 0 Å². The molecule has 9 heteroatoms. The first-order chi connectivity index (χ1) is 2.00. The van der Waals surface area contributed by atoms with Gasteiger partial charge in [-0.15, -0.1) is 0 Å². The maximum atomic E-state index is 8.74. The van der Waals surface area contributed by atoms with Crippen LogP contribution >= 0.6 is 0 Å². The molecule has 0 aliphatic heterocycles. The third kappa shape index (κ3) is 172. The van der Waals surface area contributed by atoms with Crippen LogP contribution in [0.3, 0.4) is 0 Å². The van der Waals surface area contributed by atoms with Crippen LogP contribution in [0.25, 0.3) is 0 Å². The molecule has 0 saturated carbocycles. The Hall–Kier alpha value is 1.89. The van der Waals surface area contributed by atoms with Crippen LogP contribution in [-0.2, 0) is 10.4 Å². The predicted octanol–water partition coefficient (Wildman–Crippen LogP) is -4.40. The van der Waals surface area contributed by atoms with Crippen molar-refractivity contribution in [3.8, 4) is 0 Å². The van der Waals surface area contributed by atoms with Crippen LogP contribution in [0.2, 0.25) is 0 Å². The van der Waals surface area contributed by atoms with Crippen LogP contribution in [-0.4, -0.2) is 94.7 Å². The molecule has 0 amide bonds. The molecule has 0 spiro atoms. The molecule has 0 saturated heterocycles. The van der Waals surface area contributed by atoms with Gasteiger partial charge in [0.1, 0.15) is 0 Å². The molecular formula is H11AlBaO6S. The molecule has 0 atom stereocenters. The van der Waals surface area contributed by atoms with Gasteiger partial charge in [-0.3, -0.25) is 9.11 Å². The Morgan fingerprint density at radius 3 is 1.00 bits per heavy atom.